The van der Waals surface area contributed by atoms with E-state index < -0.39 is 44.8 Å². The van der Waals surface area contributed by atoms with Crippen molar-refractivity contribution in [2.24, 2.45) is 0 Å². The Morgan fingerprint density at radius 2 is 1.83 bits per heavy atom. The summed E-state index contributed by atoms with van der Waals surface area (Å²) in [5, 5.41) is 11.4. The molecule has 29 heavy (non-hydrogen) atoms. The van der Waals surface area contributed by atoms with Gasteiger partial charge in [-0.2, -0.15) is 9.98 Å². The van der Waals surface area contributed by atoms with E-state index in [-0.39, 0.29) is 0 Å². The van der Waals surface area contributed by atoms with Crippen LogP contribution < -0.4 is 10.0 Å². The minimum atomic E-state index is -4.30. The summed E-state index contributed by atoms with van der Waals surface area (Å²) in [6.45, 7) is 2.52. The van der Waals surface area contributed by atoms with Gasteiger partial charge >= 0.3 is 5.97 Å². The summed E-state index contributed by atoms with van der Waals surface area (Å²) < 4.78 is 45.1. The number of nitrogens with zero attached hydrogens (tertiary/aromatic N) is 1. The third kappa shape index (κ3) is 5.84. The maximum absolute atomic E-state index is 13.7. The Hall–Kier alpha value is -3.29. The van der Waals surface area contributed by atoms with Crippen LogP contribution in [0.25, 0.3) is 0 Å². The van der Waals surface area contributed by atoms with Gasteiger partial charge in [-0.3, -0.25) is 9.59 Å². The highest BCUT2D eigenvalue weighted by molar-refractivity contribution is 7.89. The van der Waals surface area contributed by atoms with Crippen molar-refractivity contribution in [1.82, 2.24) is 4.72 Å². The van der Waals surface area contributed by atoms with E-state index in [1.165, 1.54) is 32.0 Å². The second kappa shape index (κ2) is 9.27. The van der Waals surface area contributed by atoms with Crippen LogP contribution in [0.1, 0.15) is 19.4 Å². The molecule has 0 bridgehead atoms. The van der Waals surface area contributed by atoms with E-state index in [0.717, 1.165) is 12.1 Å². The minimum absolute atomic E-state index is 0.337. The van der Waals surface area contributed by atoms with Gasteiger partial charge in [0.15, 0.2) is 6.10 Å². The molecule has 8 nitrogen and oxygen atoms in total. The molecule has 0 aliphatic carbocycles. The summed E-state index contributed by atoms with van der Waals surface area (Å²) in [7, 11) is -4.30. The summed E-state index contributed by atoms with van der Waals surface area (Å²) in [4.78, 5) is 23.7. The van der Waals surface area contributed by atoms with Crippen LogP contribution in [-0.4, -0.2) is 32.4 Å². The van der Waals surface area contributed by atoms with Crippen LogP contribution in [0.5, 0.6) is 0 Å². The van der Waals surface area contributed by atoms with E-state index in [1.807, 2.05) is 10.8 Å². The molecular weight excluding hydrogens is 401 g/mol. The fourth-order valence-electron chi connectivity index (χ4n) is 2.25. The zero-order valence-corrected chi connectivity index (χ0v) is 16.4. The number of hydrogen-bond acceptors (Lipinski definition) is 6. The fourth-order valence-corrected chi connectivity index (χ4v) is 3.52. The number of nitrogens with one attached hydrogen (secondary N) is 2. The number of hydrogen-bond donors (Lipinski definition) is 2. The maximum Gasteiger partial charge on any atom is 0.324 e. The molecule has 2 aromatic rings. The molecule has 0 saturated heterocycles. The van der Waals surface area contributed by atoms with E-state index in [2.05, 4.69) is 5.32 Å². The topological polar surface area (TPSA) is 125 Å². The molecule has 0 radical (unpaired) electrons. The molecule has 2 aromatic carbocycles. The van der Waals surface area contributed by atoms with Gasteiger partial charge in [0, 0.05) is 5.69 Å². The van der Waals surface area contributed by atoms with Crippen molar-refractivity contribution in [2.45, 2.75) is 30.9 Å². The lowest BCUT2D eigenvalue weighted by atomic mass is 10.2. The highest BCUT2D eigenvalue weighted by Crippen LogP contribution is 2.14. The Morgan fingerprint density at radius 3 is 2.48 bits per heavy atom. The van der Waals surface area contributed by atoms with Crippen LogP contribution in [0, 0.1) is 17.1 Å². The first-order chi connectivity index (χ1) is 13.6. The van der Waals surface area contributed by atoms with Crippen LogP contribution in [-0.2, 0) is 24.3 Å². The fraction of sp³-hybridized carbons (Fsp3) is 0.211. The largest absolute Gasteiger partial charge is 0.451 e. The lowest BCUT2D eigenvalue weighted by Gasteiger charge is -2.18. The van der Waals surface area contributed by atoms with Gasteiger partial charge in [0.2, 0.25) is 10.0 Å². The number of sulfonamides is 1. The van der Waals surface area contributed by atoms with E-state index in [1.54, 1.807) is 18.2 Å². The van der Waals surface area contributed by atoms with Crippen molar-refractivity contribution in [3.63, 3.8) is 0 Å². The smallest absolute Gasteiger partial charge is 0.324 e. The molecule has 0 saturated carbocycles. The van der Waals surface area contributed by atoms with Gasteiger partial charge in [0.1, 0.15) is 16.8 Å². The van der Waals surface area contributed by atoms with Gasteiger partial charge in [-0.15, -0.1) is 0 Å². The third-order valence-corrected chi connectivity index (χ3v) is 5.31. The van der Waals surface area contributed by atoms with Gasteiger partial charge < -0.3 is 10.1 Å². The predicted molar refractivity (Wildman–Crippen MR) is 102 cm³/mol. The minimum Gasteiger partial charge on any atom is -0.451 e. The second-order valence-corrected chi connectivity index (χ2v) is 7.72. The van der Waals surface area contributed by atoms with Crippen LogP contribution >= 0.6 is 0 Å². The van der Waals surface area contributed by atoms with Crippen LogP contribution in [0.4, 0.5) is 10.1 Å². The van der Waals surface area contributed by atoms with Gasteiger partial charge in [0.25, 0.3) is 5.91 Å². The number of carbonyl (C=O) groups excluding carboxylic acids is 2. The standard InChI is InChI=1S/C19H18FN3O5S/c1-12(23-29(26,27)17-9-4-3-8-16(17)20)19(25)28-13(2)18(24)22-15-7-5-6-14(10-15)11-21/h3-10,12-13,23H,1-2H3,(H,22,24)/t12-,13-/m0/s1. The van der Waals surface area contributed by atoms with Gasteiger partial charge in [0.05, 0.1) is 11.6 Å². The highest BCUT2D eigenvalue weighted by Gasteiger charge is 2.27. The molecule has 0 heterocycles. The average Bonchev–Trinajstić information content (AvgIpc) is 2.67. The first-order valence-electron chi connectivity index (χ1n) is 8.42. The van der Waals surface area contributed by atoms with Crippen molar-refractivity contribution >= 4 is 27.6 Å². The first kappa shape index (κ1) is 22.0. The second-order valence-electron chi connectivity index (χ2n) is 6.03. The number of carbonyl (C=O) groups is 2. The number of ether oxygens (including phenoxy) is 1. The van der Waals surface area contributed by atoms with E-state index in [9.17, 15) is 22.4 Å². The van der Waals surface area contributed by atoms with Crippen LogP contribution in [0.15, 0.2) is 53.4 Å². The summed E-state index contributed by atoms with van der Waals surface area (Å²) in [6.07, 6.45) is -1.24. The number of halogens is 1. The summed E-state index contributed by atoms with van der Waals surface area (Å²) in [6, 6.07) is 11.4. The Morgan fingerprint density at radius 1 is 1.14 bits per heavy atom. The molecule has 2 rings (SSSR count). The van der Waals surface area contributed by atoms with E-state index in [4.69, 9.17) is 10.00 Å². The Kier molecular flexibility index (Phi) is 7.03. The molecule has 0 aliphatic rings. The predicted octanol–water partition coefficient (Wildman–Crippen LogP) is 1.93. The molecule has 2 atom stereocenters. The monoisotopic (exact) mass is 419 g/mol. The number of rotatable bonds is 7. The molecule has 2 N–H and O–H groups in total. The molecule has 0 aromatic heterocycles. The summed E-state index contributed by atoms with van der Waals surface area (Å²) in [5.74, 6) is -2.65. The van der Waals surface area contributed by atoms with Crippen molar-refractivity contribution in [1.29, 1.82) is 5.26 Å². The molecule has 1 amide bonds. The van der Waals surface area contributed by atoms with Crippen LogP contribution in [0.2, 0.25) is 0 Å². The van der Waals surface area contributed by atoms with E-state index >= 15 is 0 Å². The molecule has 10 heteroatoms. The lowest BCUT2D eigenvalue weighted by molar-refractivity contribution is -0.154. The van der Waals surface area contributed by atoms with E-state index in [0.29, 0.717) is 11.3 Å². The average molecular weight is 419 g/mol. The normalized spacial score (nSPS) is 13.0. The molecular formula is C19H18FN3O5S. The number of nitriles is 1. The molecule has 0 unspecified atom stereocenters. The van der Waals surface area contributed by atoms with Crippen LogP contribution in [0.3, 0.4) is 0 Å². The molecule has 0 fully saturated rings. The molecule has 0 aliphatic heterocycles. The van der Waals surface area contributed by atoms with Crippen molar-refractivity contribution in [3.8, 4) is 6.07 Å². The highest BCUT2D eigenvalue weighted by atomic mass is 32.2. The van der Waals surface area contributed by atoms with Gasteiger partial charge in [-0.25, -0.2) is 12.8 Å². The molecule has 0 spiro atoms. The Balaban J connectivity index is 1.98. The SMILES string of the molecule is C[C@H](NS(=O)(=O)c1ccccc1F)C(=O)O[C@@H](C)C(=O)Nc1cccc(C#N)c1. The third-order valence-electron chi connectivity index (χ3n) is 3.73. The van der Waals surface area contributed by atoms with Crippen molar-refractivity contribution in [2.75, 3.05) is 5.32 Å². The van der Waals surface area contributed by atoms with Gasteiger partial charge in [-0.05, 0) is 44.2 Å². The van der Waals surface area contributed by atoms with Crippen molar-refractivity contribution in [3.05, 3.63) is 59.9 Å². The quantitative estimate of drug-likeness (QED) is 0.661. The number of amides is 1. The summed E-state index contributed by atoms with van der Waals surface area (Å²) >= 11 is 0. The van der Waals surface area contributed by atoms with Crippen molar-refractivity contribution < 1.29 is 27.1 Å². The maximum atomic E-state index is 13.7. The lowest BCUT2D eigenvalue weighted by Crippen LogP contribution is -2.42. The van der Waals surface area contributed by atoms with Gasteiger partial charge in [-0.1, -0.05) is 18.2 Å². The first-order valence-corrected chi connectivity index (χ1v) is 9.90. The number of esters is 1. The molecule has 152 valence electrons. The Bertz CT molecular complexity index is 1070. The number of anilines is 1. The summed E-state index contributed by atoms with van der Waals surface area (Å²) in [5.41, 5.74) is 0.675. The number of benzene rings is 2. The Labute approximate surface area is 167 Å². The zero-order valence-electron chi connectivity index (χ0n) is 15.5. The zero-order chi connectivity index (χ0) is 21.6.